The molecule has 2 fully saturated rings. The lowest BCUT2D eigenvalue weighted by molar-refractivity contribution is 0.194. The maximum atomic E-state index is 9.36. The van der Waals surface area contributed by atoms with Gasteiger partial charge in [0.2, 0.25) is 0 Å². The molecule has 3 rings (SSSR count). The van der Waals surface area contributed by atoms with Crippen molar-refractivity contribution in [1.82, 2.24) is 0 Å². The van der Waals surface area contributed by atoms with Crippen LogP contribution in [-0.2, 0) is 0 Å². The minimum atomic E-state index is 0.0902. The molecule has 1 N–H and O–H groups in total. The number of hydrogen-bond donors (Lipinski definition) is 1. The van der Waals surface area contributed by atoms with Crippen LogP contribution < -0.4 is 0 Å². The first kappa shape index (κ1) is 13.0. The van der Waals surface area contributed by atoms with E-state index in [1.807, 2.05) is 17.8 Å². The van der Waals surface area contributed by atoms with Gasteiger partial charge in [-0.2, -0.15) is 0 Å². The molecular formula is C16H21NOS. The Labute approximate surface area is 119 Å². The molecule has 0 spiro atoms. The molecule has 1 aromatic rings. The monoisotopic (exact) mass is 275 g/mol. The van der Waals surface area contributed by atoms with Crippen molar-refractivity contribution in [3.63, 3.8) is 0 Å². The number of thioether (sulfide) groups is 1. The first-order valence-electron chi connectivity index (χ1n) is 6.99. The van der Waals surface area contributed by atoms with Crippen molar-refractivity contribution < 1.29 is 5.21 Å². The van der Waals surface area contributed by atoms with E-state index < -0.39 is 0 Å². The quantitative estimate of drug-likeness (QED) is 0.502. The molecule has 2 nitrogen and oxygen atoms in total. The van der Waals surface area contributed by atoms with E-state index >= 15 is 0 Å². The zero-order valence-corrected chi connectivity index (χ0v) is 12.4. The summed E-state index contributed by atoms with van der Waals surface area (Å²) in [6.07, 6.45) is 3.43. The van der Waals surface area contributed by atoms with E-state index in [9.17, 15) is 5.21 Å². The maximum Gasteiger partial charge on any atom is 0.0649 e. The minimum absolute atomic E-state index is 0.0902. The van der Waals surface area contributed by atoms with Crippen molar-refractivity contribution in [2.75, 3.05) is 5.75 Å². The van der Waals surface area contributed by atoms with E-state index in [2.05, 4.69) is 43.3 Å². The number of oxime groups is 1. The fourth-order valence-corrected chi connectivity index (χ4v) is 5.44. The Morgan fingerprint density at radius 1 is 1.32 bits per heavy atom. The lowest BCUT2D eigenvalue weighted by Crippen LogP contribution is -2.38. The van der Waals surface area contributed by atoms with Crippen LogP contribution in [0.4, 0.5) is 0 Å². The molecular weight excluding hydrogens is 254 g/mol. The number of fused-ring (bicyclic) bond motifs is 2. The van der Waals surface area contributed by atoms with Gasteiger partial charge in [0, 0.05) is 16.1 Å². The van der Waals surface area contributed by atoms with Crippen LogP contribution in [0.3, 0.4) is 0 Å². The predicted molar refractivity (Wildman–Crippen MR) is 79.9 cm³/mol. The summed E-state index contributed by atoms with van der Waals surface area (Å²) >= 11 is 1.90. The van der Waals surface area contributed by atoms with Crippen molar-refractivity contribution in [2.24, 2.45) is 21.9 Å². The average Bonchev–Trinajstić information content (AvgIpc) is 2.81. The molecule has 19 heavy (non-hydrogen) atoms. The second-order valence-corrected chi connectivity index (χ2v) is 7.44. The van der Waals surface area contributed by atoms with E-state index in [0.29, 0.717) is 5.92 Å². The van der Waals surface area contributed by atoms with Crippen molar-refractivity contribution in [3.8, 4) is 0 Å². The number of benzene rings is 1. The first-order chi connectivity index (χ1) is 9.10. The molecule has 0 saturated heterocycles. The number of hydrogen-bond acceptors (Lipinski definition) is 3. The smallest absolute Gasteiger partial charge is 0.0649 e. The maximum absolute atomic E-state index is 9.36. The van der Waals surface area contributed by atoms with Crippen LogP contribution in [0.25, 0.3) is 0 Å². The summed E-state index contributed by atoms with van der Waals surface area (Å²) in [5.74, 6) is 1.72. The molecule has 2 aliphatic rings. The lowest BCUT2D eigenvalue weighted by atomic mass is 9.70. The van der Waals surface area contributed by atoms with Crippen molar-refractivity contribution in [3.05, 3.63) is 30.3 Å². The van der Waals surface area contributed by atoms with Gasteiger partial charge >= 0.3 is 0 Å². The highest BCUT2D eigenvalue weighted by Gasteiger charge is 2.62. The molecule has 0 aliphatic heterocycles. The van der Waals surface area contributed by atoms with Gasteiger partial charge in [0.1, 0.15) is 0 Å². The highest BCUT2D eigenvalue weighted by Crippen LogP contribution is 2.65. The molecule has 2 atom stereocenters. The Kier molecular flexibility index (Phi) is 3.12. The molecule has 0 aromatic heterocycles. The molecule has 0 heterocycles. The van der Waals surface area contributed by atoms with Crippen LogP contribution in [0.1, 0.15) is 33.1 Å². The average molecular weight is 275 g/mol. The second kappa shape index (κ2) is 4.55. The van der Waals surface area contributed by atoms with Crippen molar-refractivity contribution in [2.45, 2.75) is 38.0 Å². The van der Waals surface area contributed by atoms with Gasteiger partial charge in [-0.05, 0) is 42.7 Å². The van der Waals surface area contributed by atoms with Gasteiger partial charge in [-0.1, -0.05) is 37.2 Å². The Balaban J connectivity index is 1.85. The second-order valence-electron chi connectivity index (χ2n) is 6.39. The van der Waals surface area contributed by atoms with Gasteiger partial charge in [-0.15, -0.1) is 11.8 Å². The Morgan fingerprint density at radius 2 is 2.05 bits per heavy atom. The minimum Gasteiger partial charge on any atom is -0.411 e. The zero-order valence-electron chi connectivity index (χ0n) is 11.6. The summed E-state index contributed by atoms with van der Waals surface area (Å²) in [6, 6.07) is 10.5. The fourth-order valence-electron chi connectivity index (χ4n) is 4.00. The number of rotatable bonds is 3. The van der Waals surface area contributed by atoms with Crippen molar-refractivity contribution >= 4 is 17.5 Å². The van der Waals surface area contributed by atoms with E-state index in [1.165, 1.54) is 17.7 Å². The van der Waals surface area contributed by atoms with Crippen LogP contribution in [0.5, 0.6) is 0 Å². The van der Waals surface area contributed by atoms with Crippen LogP contribution in [-0.4, -0.2) is 16.7 Å². The summed E-state index contributed by atoms with van der Waals surface area (Å²) in [5.41, 5.74) is 1.39. The molecule has 2 aliphatic carbocycles. The highest BCUT2D eigenvalue weighted by molar-refractivity contribution is 7.99. The fraction of sp³-hybridized carbons (Fsp3) is 0.562. The summed E-state index contributed by atoms with van der Waals surface area (Å²) in [5, 5.41) is 13.0. The highest BCUT2D eigenvalue weighted by atomic mass is 32.2. The standard InChI is InChI=1S/C16H21NOS/c1-15(2)12-8-9-16(15,14(10-12)17-18)11-19-13-6-4-3-5-7-13/h3-7,12,18H,8-11H2,1-2H3/b17-14+/t12-,16-/m1/s1. The topological polar surface area (TPSA) is 32.6 Å². The molecule has 2 saturated carbocycles. The summed E-state index contributed by atoms with van der Waals surface area (Å²) < 4.78 is 0. The normalized spacial score (nSPS) is 34.0. The summed E-state index contributed by atoms with van der Waals surface area (Å²) in [4.78, 5) is 1.31. The Hall–Kier alpha value is -0.960. The van der Waals surface area contributed by atoms with Gasteiger partial charge < -0.3 is 5.21 Å². The van der Waals surface area contributed by atoms with Gasteiger partial charge in [-0.25, -0.2) is 0 Å². The number of nitrogens with zero attached hydrogens (tertiary/aromatic N) is 1. The predicted octanol–water partition coefficient (Wildman–Crippen LogP) is 4.44. The molecule has 0 unspecified atom stereocenters. The Morgan fingerprint density at radius 3 is 2.68 bits per heavy atom. The lowest BCUT2D eigenvalue weighted by Gasteiger charge is -2.37. The molecule has 0 radical (unpaired) electrons. The SMILES string of the molecule is CC1(C)[C@@H]2CC[C@@]1(CSc1ccccc1)/C(=N/O)C2. The summed E-state index contributed by atoms with van der Waals surface area (Å²) in [7, 11) is 0. The van der Waals surface area contributed by atoms with E-state index in [0.717, 1.165) is 17.9 Å². The first-order valence-corrected chi connectivity index (χ1v) is 7.98. The molecule has 102 valence electrons. The van der Waals surface area contributed by atoms with Gasteiger partial charge in [0.25, 0.3) is 0 Å². The van der Waals surface area contributed by atoms with Gasteiger partial charge in [-0.3, -0.25) is 0 Å². The molecule has 0 amide bonds. The van der Waals surface area contributed by atoms with E-state index in [-0.39, 0.29) is 10.8 Å². The van der Waals surface area contributed by atoms with Crippen LogP contribution >= 0.6 is 11.8 Å². The van der Waals surface area contributed by atoms with Gasteiger partial charge in [0.05, 0.1) is 5.71 Å². The Bertz CT molecular complexity index is 497. The van der Waals surface area contributed by atoms with Crippen LogP contribution in [0.15, 0.2) is 40.4 Å². The molecule has 3 heteroatoms. The molecule has 2 bridgehead atoms. The van der Waals surface area contributed by atoms with E-state index in [1.54, 1.807) is 0 Å². The summed E-state index contributed by atoms with van der Waals surface area (Å²) in [6.45, 7) is 4.71. The molecule has 1 aromatic carbocycles. The van der Waals surface area contributed by atoms with Crippen LogP contribution in [0.2, 0.25) is 0 Å². The third-order valence-corrected chi connectivity index (χ3v) is 6.76. The largest absolute Gasteiger partial charge is 0.411 e. The van der Waals surface area contributed by atoms with Gasteiger partial charge in [0.15, 0.2) is 0 Å². The van der Waals surface area contributed by atoms with Crippen LogP contribution in [0, 0.1) is 16.7 Å². The van der Waals surface area contributed by atoms with Crippen molar-refractivity contribution in [1.29, 1.82) is 0 Å². The third kappa shape index (κ3) is 1.82. The van der Waals surface area contributed by atoms with E-state index in [4.69, 9.17) is 0 Å². The third-order valence-electron chi connectivity index (χ3n) is 5.51. The zero-order chi connectivity index (χ0) is 13.5.